The minimum absolute atomic E-state index is 0.0147. The molecule has 1 saturated carbocycles. The minimum atomic E-state index is -4.73. The summed E-state index contributed by atoms with van der Waals surface area (Å²) in [6, 6.07) is 13.4. The van der Waals surface area contributed by atoms with Crippen LogP contribution in [0.1, 0.15) is 48.8 Å². The SMILES string of the molecule is CCCN1C(=O)C2CC=C3C(CC4C(=O)N(Nc5ncc(C(F)(F)F)cc5Cl)C(=O)C4(c4ccc(Cl)cc4)C3c3cccc(O)c3)C2C1=O. The number of carbonyl (C=O) groups excluding carboxylic acids is 4. The van der Waals surface area contributed by atoms with Gasteiger partial charge in [0.1, 0.15) is 5.75 Å². The molecule has 0 bridgehead atoms. The molecule has 2 aliphatic heterocycles. The number of imide groups is 2. The van der Waals surface area contributed by atoms with Gasteiger partial charge in [-0.3, -0.25) is 29.5 Å². The summed E-state index contributed by atoms with van der Waals surface area (Å²) in [7, 11) is 0. The number of pyridine rings is 1. The molecule has 254 valence electrons. The van der Waals surface area contributed by atoms with Crippen LogP contribution in [0.4, 0.5) is 19.0 Å². The highest BCUT2D eigenvalue weighted by Gasteiger charge is 2.70. The monoisotopic (exact) mass is 712 g/mol. The summed E-state index contributed by atoms with van der Waals surface area (Å²) < 4.78 is 40.1. The maximum Gasteiger partial charge on any atom is 0.417 e. The lowest BCUT2D eigenvalue weighted by molar-refractivity contribution is -0.141. The van der Waals surface area contributed by atoms with E-state index in [9.17, 15) is 32.7 Å². The van der Waals surface area contributed by atoms with E-state index in [2.05, 4.69) is 10.4 Å². The quantitative estimate of drug-likeness (QED) is 0.221. The zero-order chi connectivity index (χ0) is 35.0. The Morgan fingerprint density at radius 1 is 1.00 bits per heavy atom. The minimum Gasteiger partial charge on any atom is -0.508 e. The molecule has 2 saturated heterocycles. The fourth-order valence-electron chi connectivity index (χ4n) is 8.37. The lowest BCUT2D eigenvalue weighted by atomic mass is 9.49. The Morgan fingerprint density at radius 3 is 2.39 bits per heavy atom. The van der Waals surface area contributed by atoms with Gasteiger partial charge in [-0.1, -0.05) is 66.0 Å². The molecule has 3 aromatic rings. The van der Waals surface area contributed by atoms with Gasteiger partial charge in [-0.15, -0.1) is 0 Å². The number of alkyl halides is 3. The molecule has 6 atom stereocenters. The molecular formula is C35H29Cl2F3N4O5. The van der Waals surface area contributed by atoms with E-state index in [1.807, 2.05) is 13.0 Å². The first-order valence-corrected chi connectivity index (χ1v) is 16.5. The molecule has 4 amide bonds. The van der Waals surface area contributed by atoms with E-state index in [1.54, 1.807) is 36.4 Å². The average Bonchev–Trinajstić information content (AvgIpc) is 3.42. The number of rotatable bonds is 6. The van der Waals surface area contributed by atoms with Gasteiger partial charge in [0.25, 0.3) is 11.8 Å². The van der Waals surface area contributed by atoms with Crippen LogP contribution in [0.3, 0.4) is 0 Å². The predicted octanol–water partition coefficient (Wildman–Crippen LogP) is 6.51. The number of hydrogen-bond donors (Lipinski definition) is 2. The second-order valence-corrected chi connectivity index (χ2v) is 13.7. The van der Waals surface area contributed by atoms with Crippen LogP contribution in [0.15, 0.2) is 72.4 Å². The third kappa shape index (κ3) is 5.01. The summed E-state index contributed by atoms with van der Waals surface area (Å²) in [6.45, 7) is 2.13. The largest absolute Gasteiger partial charge is 0.508 e. The fraction of sp³-hybridized carbons (Fsp3) is 0.343. The molecule has 9 nitrogen and oxygen atoms in total. The highest BCUT2D eigenvalue weighted by molar-refractivity contribution is 6.33. The molecule has 4 aliphatic rings. The van der Waals surface area contributed by atoms with Crippen molar-refractivity contribution in [3.8, 4) is 5.75 Å². The predicted molar refractivity (Wildman–Crippen MR) is 172 cm³/mol. The van der Waals surface area contributed by atoms with Gasteiger partial charge in [-0.05, 0) is 66.6 Å². The number of hydrogen-bond acceptors (Lipinski definition) is 7. The van der Waals surface area contributed by atoms with E-state index in [-0.39, 0.29) is 42.8 Å². The first-order chi connectivity index (χ1) is 23.3. The van der Waals surface area contributed by atoms with Crippen molar-refractivity contribution in [3.05, 3.63) is 99.2 Å². The molecule has 2 aromatic carbocycles. The van der Waals surface area contributed by atoms with Gasteiger partial charge < -0.3 is 5.11 Å². The van der Waals surface area contributed by atoms with Gasteiger partial charge in [-0.25, -0.2) is 4.98 Å². The summed E-state index contributed by atoms with van der Waals surface area (Å²) in [5.41, 5.74) is 1.41. The number of phenols is 1. The lowest BCUT2D eigenvalue weighted by Crippen LogP contribution is -2.53. The first-order valence-electron chi connectivity index (χ1n) is 15.8. The van der Waals surface area contributed by atoms with Gasteiger partial charge in [0.2, 0.25) is 11.8 Å². The molecule has 3 heterocycles. The van der Waals surface area contributed by atoms with Crippen molar-refractivity contribution >= 4 is 52.6 Å². The Hall–Kier alpha value is -4.42. The van der Waals surface area contributed by atoms with E-state index >= 15 is 4.79 Å². The standard InChI is InChI=1S/C35H29Cl2F3N4O5/c1-2-12-43-30(46)23-11-10-22-24(27(23)32(43)48)15-25-31(47)44(42-29-26(37)14-19(16-41-29)35(38,39)40)33(49)34(25,18-6-8-20(36)9-7-18)28(22)17-4-3-5-21(45)13-17/h3-10,13-14,16,23-25,27-28,45H,2,11-12,15H2,1H3,(H,41,42). The average molecular weight is 714 g/mol. The van der Waals surface area contributed by atoms with E-state index in [4.69, 9.17) is 23.2 Å². The molecular weight excluding hydrogens is 684 g/mol. The zero-order valence-electron chi connectivity index (χ0n) is 25.9. The Morgan fingerprint density at radius 2 is 1.73 bits per heavy atom. The highest BCUT2D eigenvalue weighted by Crippen LogP contribution is 2.64. The molecule has 14 heteroatoms. The molecule has 0 radical (unpaired) electrons. The van der Waals surface area contributed by atoms with Crippen LogP contribution >= 0.6 is 23.2 Å². The second-order valence-electron chi connectivity index (χ2n) is 12.8. The van der Waals surface area contributed by atoms with Gasteiger partial charge >= 0.3 is 6.18 Å². The van der Waals surface area contributed by atoms with Gasteiger partial charge in [0, 0.05) is 23.7 Å². The van der Waals surface area contributed by atoms with Gasteiger partial charge in [-0.2, -0.15) is 18.2 Å². The Kier molecular flexibility index (Phi) is 8.02. The zero-order valence-corrected chi connectivity index (χ0v) is 27.4. The number of phenolic OH excluding ortho intramolecular Hbond substituents is 1. The lowest BCUT2D eigenvalue weighted by Gasteiger charge is -2.50. The third-order valence-corrected chi connectivity index (χ3v) is 10.8. The van der Waals surface area contributed by atoms with Crippen LogP contribution in [0, 0.1) is 23.7 Å². The van der Waals surface area contributed by atoms with Gasteiger partial charge in [0.15, 0.2) is 5.82 Å². The molecule has 49 heavy (non-hydrogen) atoms. The highest BCUT2D eigenvalue weighted by atomic mass is 35.5. The van der Waals surface area contributed by atoms with Crippen molar-refractivity contribution in [2.45, 2.75) is 43.7 Å². The van der Waals surface area contributed by atoms with E-state index in [0.29, 0.717) is 40.4 Å². The molecule has 7 rings (SSSR count). The maximum atomic E-state index is 15.1. The smallest absolute Gasteiger partial charge is 0.417 e. The van der Waals surface area contributed by atoms with Crippen molar-refractivity contribution in [3.63, 3.8) is 0 Å². The number of carbonyl (C=O) groups is 4. The van der Waals surface area contributed by atoms with E-state index in [1.165, 1.54) is 17.0 Å². The van der Waals surface area contributed by atoms with Crippen molar-refractivity contribution in [2.24, 2.45) is 23.7 Å². The number of fused-ring (bicyclic) bond motifs is 4. The summed E-state index contributed by atoms with van der Waals surface area (Å²) >= 11 is 12.5. The number of hydrazine groups is 1. The van der Waals surface area contributed by atoms with Crippen LogP contribution in [0.2, 0.25) is 10.0 Å². The first kappa shape index (κ1) is 33.1. The van der Waals surface area contributed by atoms with E-state index < -0.39 is 63.6 Å². The van der Waals surface area contributed by atoms with Crippen molar-refractivity contribution in [1.82, 2.24) is 14.9 Å². The molecule has 2 N–H and O–H groups in total. The van der Waals surface area contributed by atoms with Crippen LogP contribution in [-0.2, 0) is 30.8 Å². The van der Waals surface area contributed by atoms with Crippen molar-refractivity contribution in [1.29, 1.82) is 0 Å². The summed E-state index contributed by atoms with van der Waals surface area (Å²) in [6.07, 6.45) is -1.47. The fourth-order valence-corrected chi connectivity index (χ4v) is 8.71. The molecule has 0 spiro atoms. The number of allylic oxidation sites excluding steroid dienone is 2. The number of likely N-dealkylation sites (tertiary alicyclic amines) is 1. The van der Waals surface area contributed by atoms with Gasteiger partial charge in [0.05, 0.1) is 33.8 Å². The number of anilines is 1. The number of halogens is 5. The number of amides is 4. The summed E-state index contributed by atoms with van der Waals surface area (Å²) in [4.78, 5) is 62.1. The van der Waals surface area contributed by atoms with Crippen molar-refractivity contribution in [2.75, 3.05) is 12.0 Å². The Bertz CT molecular complexity index is 1940. The second kappa shape index (κ2) is 11.9. The van der Waals surface area contributed by atoms with Crippen LogP contribution in [0.25, 0.3) is 0 Å². The Labute approximate surface area is 288 Å². The van der Waals surface area contributed by atoms with Crippen molar-refractivity contribution < 1.29 is 37.5 Å². The maximum absolute atomic E-state index is 15.1. The number of nitrogens with zero attached hydrogens (tertiary/aromatic N) is 3. The third-order valence-electron chi connectivity index (χ3n) is 10.3. The number of aromatic nitrogens is 1. The van der Waals surface area contributed by atoms with Crippen LogP contribution < -0.4 is 5.43 Å². The van der Waals surface area contributed by atoms with Crippen LogP contribution in [0.5, 0.6) is 5.75 Å². The molecule has 6 unspecified atom stereocenters. The normalized spacial score (nSPS) is 28.0. The number of aromatic hydroxyl groups is 1. The summed E-state index contributed by atoms with van der Waals surface area (Å²) in [5, 5.41) is 11.3. The molecule has 3 fully saturated rings. The molecule has 1 aromatic heterocycles. The van der Waals surface area contributed by atoms with E-state index in [0.717, 1.165) is 5.01 Å². The number of benzene rings is 2. The summed E-state index contributed by atoms with van der Waals surface area (Å²) in [5.74, 6) is -6.53. The topological polar surface area (TPSA) is 120 Å². The van der Waals surface area contributed by atoms with Crippen LogP contribution in [-0.4, -0.2) is 50.2 Å². The molecule has 2 aliphatic carbocycles. The number of nitrogens with one attached hydrogen (secondary N) is 1. The Balaban J connectivity index is 1.42.